The lowest BCUT2D eigenvalue weighted by Crippen LogP contribution is -2.38. The Morgan fingerprint density at radius 2 is 2.30 bits per heavy atom. The SMILES string of the molecule is CN=C(NCc1cccc2c1OCO2)N(C)Cc1csc(C)n1. The summed E-state index contributed by atoms with van der Waals surface area (Å²) in [5.74, 6) is 2.42. The zero-order chi connectivity index (χ0) is 16.2. The smallest absolute Gasteiger partial charge is 0.231 e. The summed E-state index contributed by atoms with van der Waals surface area (Å²) in [7, 11) is 3.78. The molecule has 0 spiro atoms. The van der Waals surface area contributed by atoms with Gasteiger partial charge in [0.05, 0.1) is 17.2 Å². The molecule has 0 amide bonds. The number of rotatable bonds is 4. The van der Waals surface area contributed by atoms with Gasteiger partial charge in [-0.25, -0.2) is 4.98 Å². The van der Waals surface area contributed by atoms with E-state index in [-0.39, 0.29) is 6.79 Å². The monoisotopic (exact) mass is 332 g/mol. The lowest BCUT2D eigenvalue weighted by Gasteiger charge is -2.21. The zero-order valence-corrected chi connectivity index (χ0v) is 14.3. The van der Waals surface area contributed by atoms with Crippen LogP contribution in [0, 0.1) is 6.92 Å². The topological polar surface area (TPSA) is 59.0 Å². The van der Waals surface area contributed by atoms with E-state index in [2.05, 4.69) is 25.6 Å². The number of para-hydroxylation sites is 1. The first kappa shape index (κ1) is 15.6. The van der Waals surface area contributed by atoms with Crippen LogP contribution in [-0.4, -0.2) is 36.7 Å². The quantitative estimate of drug-likeness (QED) is 0.688. The van der Waals surface area contributed by atoms with Gasteiger partial charge in [0.1, 0.15) is 0 Å². The fourth-order valence-corrected chi connectivity index (χ4v) is 3.09. The number of benzene rings is 1. The highest BCUT2D eigenvalue weighted by molar-refractivity contribution is 7.09. The first-order valence-electron chi connectivity index (χ1n) is 7.37. The Bertz CT molecular complexity index is 714. The van der Waals surface area contributed by atoms with Crippen molar-refractivity contribution in [3.05, 3.63) is 39.8 Å². The maximum Gasteiger partial charge on any atom is 0.231 e. The van der Waals surface area contributed by atoms with Crippen molar-refractivity contribution in [2.75, 3.05) is 20.9 Å². The molecule has 0 atom stereocenters. The molecule has 0 aliphatic carbocycles. The molecule has 0 saturated heterocycles. The van der Waals surface area contributed by atoms with Gasteiger partial charge < -0.3 is 19.7 Å². The minimum absolute atomic E-state index is 0.282. The highest BCUT2D eigenvalue weighted by Crippen LogP contribution is 2.35. The van der Waals surface area contributed by atoms with Crippen LogP contribution in [0.2, 0.25) is 0 Å². The summed E-state index contributed by atoms with van der Waals surface area (Å²) in [5, 5.41) is 6.51. The molecule has 2 aromatic rings. The zero-order valence-electron chi connectivity index (χ0n) is 13.5. The molecule has 23 heavy (non-hydrogen) atoms. The van der Waals surface area contributed by atoms with Gasteiger partial charge in [-0.15, -0.1) is 11.3 Å². The molecule has 122 valence electrons. The largest absolute Gasteiger partial charge is 0.454 e. The predicted molar refractivity (Wildman–Crippen MR) is 91.1 cm³/mol. The number of fused-ring (bicyclic) bond motifs is 1. The van der Waals surface area contributed by atoms with Gasteiger partial charge in [0.15, 0.2) is 17.5 Å². The number of thiazole rings is 1. The minimum Gasteiger partial charge on any atom is -0.454 e. The highest BCUT2D eigenvalue weighted by atomic mass is 32.1. The predicted octanol–water partition coefficient (Wildman–Crippen LogP) is 2.39. The number of nitrogens with zero attached hydrogens (tertiary/aromatic N) is 3. The molecule has 1 aliphatic rings. The molecule has 0 fully saturated rings. The number of aryl methyl sites for hydroxylation is 1. The second kappa shape index (κ2) is 6.87. The standard InChI is InChI=1S/C16H20N4O2S/c1-11-19-13(9-23-11)8-20(3)16(17-2)18-7-12-5-4-6-14-15(12)22-10-21-14/h4-6,9H,7-8,10H2,1-3H3,(H,17,18). The van der Waals surface area contributed by atoms with Gasteiger partial charge in [0, 0.05) is 31.6 Å². The molecular formula is C16H20N4O2S. The highest BCUT2D eigenvalue weighted by Gasteiger charge is 2.17. The Labute approximate surface area is 139 Å². The number of guanidine groups is 1. The number of ether oxygens (including phenoxy) is 2. The van der Waals surface area contributed by atoms with E-state index >= 15 is 0 Å². The molecule has 0 radical (unpaired) electrons. The van der Waals surface area contributed by atoms with Crippen LogP contribution in [0.1, 0.15) is 16.3 Å². The average molecular weight is 332 g/mol. The minimum atomic E-state index is 0.282. The van der Waals surface area contributed by atoms with Crippen LogP contribution in [-0.2, 0) is 13.1 Å². The Morgan fingerprint density at radius 3 is 3.04 bits per heavy atom. The molecule has 0 unspecified atom stereocenters. The van der Waals surface area contributed by atoms with E-state index in [1.54, 1.807) is 18.4 Å². The van der Waals surface area contributed by atoms with Crippen molar-refractivity contribution < 1.29 is 9.47 Å². The molecule has 3 rings (SSSR count). The Morgan fingerprint density at radius 1 is 1.43 bits per heavy atom. The molecule has 6 nitrogen and oxygen atoms in total. The number of aliphatic imine (C=N–C) groups is 1. The lowest BCUT2D eigenvalue weighted by atomic mass is 10.2. The van der Waals surface area contributed by atoms with E-state index in [9.17, 15) is 0 Å². The third-order valence-corrected chi connectivity index (χ3v) is 4.38. The van der Waals surface area contributed by atoms with E-state index in [0.29, 0.717) is 6.54 Å². The van der Waals surface area contributed by atoms with E-state index < -0.39 is 0 Å². The van der Waals surface area contributed by atoms with Crippen molar-refractivity contribution in [3.63, 3.8) is 0 Å². The van der Waals surface area contributed by atoms with Gasteiger partial charge in [-0.05, 0) is 13.0 Å². The van der Waals surface area contributed by atoms with E-state index in [4.69, 9.17) is 9.47 Å². The van der Waals surface area contributed by atoms with Crippen LogP contribution in [0.4, 0.5) is 0 Å². The lowest BCUT2D eigenvalue weighted by molar-refractivity contribution is 0.173. The fraction of sp³-hybridized carbons (Fsp3) is 0.375. The summed E-state index contributed by atoms with van der Waals surface area (Å²) in [6.07, 6.45) is 0. The van der Waals surface area contributed by atoms with Crippen LogP contribution in [0.25, 0.3) is 0 Å². The molecule has 1 aromatic carbocycles. The van der Waals surface area contributed by atoms with Gasteiger partial charge >= 0.3 is 0 Å². The first-order valence-corrected chi connectivity index (χ1v) is 8.25. The Balaban J connectivity index is 1.63. The number of hydrogen-bond acceptors (Lipinski definition) is 5. The summed E-state index contributed by atoms with van der Waals surface area (Å²) < 4.78 is 10.9. The van der Waals surface area contributed by atoms with Crippen LogP contribution < -0.4 is 14.8 Å². The van der Waals surface area contributed by atoms with E-state index in [0.717, 1.165) is 40.3 Å². The van der Waals surface area contributed by atoms with Crippen LogP contribution in [0.15, 0.2) is 28.6 Å². The molecule has 1 N–H and O–H groups in total. The van der Waals surface area contributed by atoms with Crippen LogP contribution in [0.3, 0.4) is 0 Å². The van der Waals surface area contributed by atoms with Crippen molar-refractivity contribution >= 4 is 17.3 Å². The summed E-state index contributed by atoms with van der Waals surface area (Å²) in [5.41, 5.74) is 2.11. The van der Waals surface area contributed by atoms with Crippen molar-refractivity contribution in [3.8, 4) is 11.5 Å². The Hall–Kier alpha value is -2.28. The Kier molecular flexibility index (Phi) is 4.66. The maximum absolute atomic E-state index is 5.53. The third kappa shape index (κ3) is 3.56. The number of hydrogen-bond donors (Lipinski definition) is 1. The van der Waals surface area contributed by atoms with E-state index in [1.165, 1.54) is 0 Å². The molecule has 7 heteroatoms. The first-order chi connectivity index (χ1) is 11.2. The molecule has 2 heterocycles. The van der Waals surface area contributed by atoms with Gasteiger partial charge in [0.25, 0.3) is 0 Å². The average Bonchev–Trinajstić information content (AvgIpc) is 3.17. The molecule has 1 aliphatic heterocycles. The molecule has 0 bridgehead atoms. The molecule has 1 aromatic heterocycles. The molecule has 0 saturated carbocycles. The second-order valence-corrected chi connectivity index (χ2v) is 6.33. The summed E-state index contributed by atoms with van der Waals surface area (Å²) >= 11 is 1.66. The normalized spacial score (nSPS) is 13.3. The number of nitrogens with one attached hydrogen (secondary N) is 1. The summed E-state index contributed by atoms with van der Waals surface area (Å²) in [6, 6.07) is 5.91. The number of aromatic nitrogens is 1. The van der Waals surface area contributed by atoms with Gasteiger partial charge in [-0.3, -0.25) is 4.99 Å². The van der Waals surface area contributed by atoms with Crippen molar-refractivity contribution in [1.29, 1.82) is 0 Å². The third-order valence-electron chi connectivity index (χ3n) is 3.55. The molecular weight excluding hydrogens is 312 g/mol. The second-order valence-electron chi connectivity index (χ2n) is 5.27. The van der Waals surface area contributed by atoms with Gasteiger partial charge in [-0.1, -0.05) is 12.1 Å². The maximum atomic E-state index is 5.53. The summed E-state index contributed by atoms with van der Waals surface area (Å²) in [6.45, 7) is 3.64. The van der Waals surface area contributed by atoms with Gasteiger partial charge in [0.2, 0.25) is 6.79 Å². The van der Waals surface area contributed by atoms with Crippen molar-refractivity contribution in [2.45, 2.75) is 20.0 Å². The van der Waals surface area contributed by atoms with Gasteiger partial charge in [-0.2, -0.15) is 0 Å². The van der Waals surface area contributed by atoms with E-state index in [1.807, 2.05) is 32.2 Å². The summed E-state index contributed by atoms with van der Waals surface area (Å²) in [4.78, 5) is 10.9. The van der Waals surface area contributed by atoms with Crippen molar-refractivity contribution in [1.82, 2.24) is 15.2 Å². The fourth-order valence-electron chi connectivity index (χ4n) is 2.49. The van der Waals surface area contributed by atoms with Crippen molar-refractivity contribution in [2.24, 2.45) is 4.99 Å². The van der Waals surface area contributed by atoms with Crippen LogP contribution in [0.5, 0.6) is 11.5 Å². The van der Waals surface area contributed by atoms with Crippen LogP contribution >= 0.6 is 11.3 Å².